The highest BCUT2D eigenvalue weighted by Crippen LogP contribution is 2.43. The van der Waals surface area contributed by atoms with Crippen LogP contribution >= 0.6 is 0 Å². The van der Waals surface area contributed by atoms with Crippen LogP contribution in [0.25, 0.3) is 0 Å². The quantitative estimate of drug-likeness (QED) is 0.0652. The van der Waals surface area contributed by atoms with Crippen LogP contribution in [0.5, 0.6) is 0 Å². The Morgan fingerprint density at radius 3 is 1.93 bits per heavy atom. The van der Waals surface area contributed by atoms with Crippen LogP contribution in [0, 0.1) is 23.7 Å². The summed E-state index contributed by atoms with van der Waals surface area (Å²) in [6.07, 6.45) is -2.14. The van der Waals surface area contributed by atoms with Crippen LogP contribution in [0.2, 0.25) is 39.3 Å². The van der Waals surface area contributed by atoms with E-state index < -0.39 is 112 Å². The van der Waals surface area contributed by atoms with Crippen molar-refractivity contribution < 1.29 is 66.6 Å². The van der Waals surface area contributed by atoms with E-state index >= 15 is 0 Å². The van der Waals surface area contributed by atoms with Gasteiger partial charge in [0, 0.05) is 44.4 Å². The highest BCUT2D eigenvalue weighted by Gasteiger charge is 2.55. The number of hydrogen-bond donors (Lipinski definition) is 2. The maximum atomic E-state index is 14.9. The van der Waals surface area contributed by atoms with Crippen molar-refractivity contribution in [2.75, 3.05) is 28.3 Å². The zero-order valence-electron chi connectivity index (χ0n) is 47.8. The van der Waals surface area contributed by atoms with Gasteiger partial charge in [0.05, 0.1) is 71.7 Å². The van der Waals surface area contributed by atoms with Gasteiger partial charge in [-0.25, -0.2) is 0 Å². The van der Waals surface area contributed by atoms with E-state index in [1.807, 2.05) is 55.4 Å². The average molecular weight is 1050 g/mol. The third kappa shape index (κ3) is 15.9. The lowest BCUT2D eigenvalue weighted by atomic mass is 9.73. The maximum absolute atomic E-state index is 14.9. The lowest BCUT2D eigenvalue weighted by Crippen LogP contribution is -2.63. The molecule has 0 radical (unpaired) electrons. The van der Waals surface area contributed by atoms with Crippen molar-refractivity contribution in [3.63, 3.8) is 0 Å². The number of oxime groups is 1. The van der Waals surface area contributed by atoms with Crippen LogP contribution in [0.3, 0.4) is 0 Å². The molecule has 0 bridgehead atoms. The van der Waals surface area contributed by atoms with Crippen molar-refractivity contribution in [1.82, 2.24) is 4.90 Å². The molecule has 1 aliphatic carbocycles. The van der Waals surface area contributed by atoms with Gasteiger partial charge in [0.25, 0.3) is 0 Å². The van der Waals surface area contributed by atoms with Crippen LogP contribution in [0.15, 0.2) is 17.8 Å². The number of nitrogens with zero attached hydrogens (tertiary/aromatic N) is 2. The van der Waals surface area contributed by atoms with Crippen LogP contribution in [-0.2, 0) is 56.4 Å². The molecule has 0 aromatic carbocycles. The number of hydrogen-bond acceptors (Lipinski definition) is 16. The molecule has 71 heavy (non-hydrogen) atoms. The second-order valence-electron chi connectivity index (χ2n) is 24.6. The van der Waals surface area contributed by atoms with E-state index in [2.05, 4.69) is 64.9 Å². The van der Waals surface area contributed by atoms with E-state index in [4.69, 9.17) is 56.7 Å². The van der Waals surface area contributed by atoms with Gasteiger partial charge in [-0.05, 0) is 147 Å². The molecule has 0 amide bonds. The third-order valence-electron chi connectivity index (χ3n) is 15.3. The Labute approximate surface area is 431 Å². The summed E-state index contributed by atoms with van der Waals surface area (Å²) in [5.41, 5.74) is -3.51. The predicted molar refractivity (Wildman–Crippen MR) is 281 cm³/mol. The summed E-state index contributed by atoms with van der Waals surface area (Å²) >= 11 is 0. The first kappa shape index (κ1) is 62.2. The minimum absolute atomic E-state index is 0.00488. The number of cyclic esters (lactones) is 1. The highest BCUT2D eigenvalue weighted by molar-refractivity contribution is 6.70. The van der Waals surface area contributed by atoms with Crippen molar-refractivity contribution in [3.05, 3.63) is 12.7 Å². The van der Waals surface area contributed by atoms with Gasteiger partial charge < -0.3 is 66.7 Å². The molecule has 0 aromatic heterocycles. The molecule has 18 heteroatoms. The molecule has 16 nitrogen and oxygen atoms in total. The number of aliphatic hydroxyl groups is 2. The summed E-state index contributed by atoms with van der Waals surface area (Å²) in [6, 6.07) is -0.0433. The second-order valence-corrected chi connectivity index (χ2v) is 33.5. The van der Waals surface area contributed by atoms with Crippen LogP contribution < -0.4 is 0 Å². The van der Waals surface area contributed by atoms with Gasteiger partial charge in [-0.1, -0.05) is 38.9 Å². The van der Waals surface area contributed by atoms with Crippen molar-refractivity contribution in [2.24, 2.45) is 28.8 Å². The fourth-order valence-electron chi connectivity index (χ4n) is 11.4. The van der Waals surface area contributed by atoms with Gasteiger partial charge in [0.2, 0.25) is 0 Å². The minimum atomic E-state index is -2.21. The van der Waals surface area contributed by atoms with Crippen molar-refractivity contribution >= 4 is 28.3 Å². The predicted octanol–water partition coefficient (Wildman–Crippen LogP) is 8.47. The molecule has 3 aliphatic heterocycles. The van der Waals surface area contributed by atoms with E-state index in [1.165, 1.54) is 13.0 Å². The molecule has 2 N–H and O–H groups in total. The van der Waals surface area contributed by atoms with Gasteiger partial charge in [-0.3, -0.25) is 4.79 Å². The van der Waals surface area contributed by atoms with E-state index in [-0.39, 0.29) is 43.0 Å². The SMILES string of the molecule is C=C[C@H]1OC(=O)[C@H](C)[C@@H](O[C@H]2C[C@@](C)(OC)[C@@H](O[Si](C)(C)C)[C@H](C)O2)[C@H](C)[C@@H](O[C@@H]2O[C@H](C)C[C@H](N(C)C)[C@H]2O[Si](C)(C)C)[C@](C)(OC)C[C@@H](C)/C(=N\OC2CCCCC2OC(C)C)[C@H](C)[C@@H](O)[C@]1(C)O. The highest BCUT2D eigenvalue weighted by atomic mass is 28.4. The van der Waals surface area contributed by atoms with E-state index in [1.54, 1.807) is 28.1 Å². The van der Waals surface area contributed by atoms with Gasteiger partial charge in [0.1, 0.15) is 11.7 Å². The first-order chi connectivity index (χ1) is 32.7. The molecule has 3 heterocycles. The number of ether oxygens (including phenoxy) is 8. The number of methoxy groups -OCH3 is 2. The average Bonchev–Trinajstić information content (AvgIpc) is 3.26. The summed E-state index contributed by atoms with van der Waals surface area (Å²) in [6.45, 7) is 37.9. The monoisotopic (exact) mass is 1040 g/mol. The Hall–Kier alpha value is -1.37. The first-order valence-electron chi connectivity index (χ1n) is 26.6. The zero-order valence-corrected chi connectivity index (χ0v) is 49.8. The van der Waals surface area contributed by atoms with Gasteiger partial charge in [-0.15, -0.1) is 0 Å². The van der Waals surface area contributed by atoms with Gasteiger partial charge in [-0.2, -0.15) is 0 Å². The second kappa shape index (κ2) is 25.2. The van der Waals surface area contributed by atoms with E-state index in [0.29, 0.717) is 12.1 Å². The van der Waals surface area contributed by atoms with Crippen LogP contribution in [-0.4, -0.2) is 174 Å². The van der Waals surface area contributed by atoms with Crippen LogP contribution in [0.4, 0.5) is 0 Å². The molecule has 414 valence electrons. The minimum Gasteiger partial charge on any atom is -0.455 e. The molecule has 0 spiro atoms. The normalized spacial score (nSPS) is 43.5. The van der Waals surface area contributed by atoms with E-state index in [0.717, 1.165) is 32.1 Å². The largest absolute Gasteiger partial charge is 0.455 e. The number of carbonyl (C=O) groups excluding carboxylic acids is 1. The molecule has 4 fully saturated rings. The molecular formula is C53H100N2O14Si2. The standard InChI is InChI=1S/C53H100N2O14Si2/c1-23-41-53(12,58)46(56)34(6)43(54-67-40-27-25-24-26-39(40)61-31(2)3)32(4)29-51(10,59-15)47(66-50-45(68-70(17,18)19)38(55(13)14)28-33(5)62-50)35(7)44(36(8)49(57)64-41)65-42-30-52(11,60-16)48(37(9)63-42)69-71(20,21)22/h23,31-42,44-48,50,56,58H,1,24-30H2,2-22H3/b54-43+/t32-,33-,34+,35+,36-,37+,38+,39?,40?,41-,42+,44+,45-,46-,47-,48+,50+,51-,52-,53-/m1/s1. The van der Waals surface area contributed by atoms with Crippen molar-refractivity contribution in [2.45, 2.75) is 263 Å². The zero-order chi connectivity index (χ0) is 53.8. The van der Waals surface area contributed by atoms with Gasteiger partial charge in [0.15, 0.2) is 41.4 Å². The number of aliphatic hydroxyl groups excluding tert-OH is 1. The third-order valence-corrected chi connectivity index (χ3v) is 17.3. The fraction of sp³-hybridized carbons (Fsp3) is 0.925. The van der Waals surface area contributed by atoms with Crippen LogP contribution in [0.1, 0.15) is 121 Å². The first-order valence-corrected chi connectivity index (χ1v) is 33.4. The van der Waals surface area contributed by atoms with E-state index in [9.17, 15) is 15.0 Å². The lowest BCUT2D eigenvalue weighted by molar-refractivity contribution is -0.316. The molecule has 3 saturated heterocycles. The number of likely N-dealkylation sites (N-methyl/N-ethyl adjacent to an activating group) is 1. The molecule has 0 aromatic rings. The molecule has 4 aliphatic rings. The Morgan fingerprint density at radius 2 is 1.39 bits per heavy atom. The van der Waals surface area contributed by atoms with Gasteiger partial charge >= 0.3 is 5.97 Å². The van der Waals surface area contributed by atoms with Crippen molar-refractivity contribution in [3.8, 4) is 0 Å². The molecule has 1 saturated carbocycles. The Balaban J connectivity index is 1.97. The summed E-state index contributed by atoms with van der Waals surface area (Å²) in [4.78, 5) is 23.6. The maximum Gasteiger partial charge on any atom is 0.312 e. The molecule has 4 rings (SSSR count). The Morgan fingerprint density at radius 1 is 0.817 bits per heavy atom. The topological polar surface area (TPSA) is 175 Å². The Kier molecular flexibility index (Phi) is 22.1. The lowest BCUT2D eigenvalue weighted by Gasteiger charge is -2.51. The fourth-order valence-corrected chi connectivity index (χ4v) is 13.7. The number of esters is 1. The number of rotatable bonds is 16. The van der Waals surface area contributed by atoms with Crippen molar-refractivity contribution in [1.29, 1.82) is 0 Å². The molecule has 2 unspecified atom stereocenters. The summed E-state index contributed by atoms with van der Waals surface area (Å²) in [5.74, 6) is -3.58. The summed E-state index contributed by atoms with van der Waals surface area (Å²) in [7, 11) is 3.16. The summed E-state index contributed by atoms with van der Waals surface area (Å²) < 4.78 is 67.5. The number of carbonyl (C=O) groups is 1. The summed E-state index contributed by atoms with van der Waals surface area (Å²) in [5, 5.41) is 29.6. The molecule has 20 atom stereocenters. The smallest absolute Gasteiger partial charge is 0.312 e. The molecular weight excluding hydrogens is 945 g/mol. The Bertz CT molecular complexity index is 1730.